The molecular formula is C17H12EuF2O6S. The van der Waals surface area contributed by atoms with Crippen LogP contribution >= 0.6 is 11.3 Å². The Bertz CT molecular complexity index is 1200. The van der Waals surface area contributed by atoms with Gasteiger partial charge in [-0.1, -0.05) is 24.3 Å². The maximum Gasteiger partial charge on any atom is 0.351 e. The van der Waals surface area contributed by atoms with E-state index >= 15 is 0 Å². The fourth-order valence-corrected chi connectivity index (χ4v) is 3.94. The fourth-order valence-electron chi connectivity index (χ4n) is 2.75. The number of carbonyl (C=O) groups is 1. The van der Waals surface area contributed by atoms with Gasteiger partial charge < -0.3 is 20.5 Å². The van der Waals surface area contributed by atoms with Crippen LogP contribution in [-0.4, -0.2) is 28.3 Å². The number of halogens is 2. The van der Waals surface area contributed by atoms with Crippen molar-refractivity contribution < 1.29 is 83.4 Å². The SMILES string of the molecule is O.O.O=C(c1c(O)c2ccc3c4ccccc4sc3c2oc1=O)C(F)F.[Eu]. The molecule has 1 radical (unpaired) electrons. The first kappa shape index (κ1) is 23.7. The Morgan fingerprint density at radius 3 is 2.33 bits per heavy atom. The average molecular weight is 534 g/mol. The molecule has 0 fully saturated rings. The summed E-state index contributed by atoms with van der Waals surface area (Å²) in [6, 6.07) is 10.7. The number of rotatable bonds is 2. The van der Waals surface area contributed by atoms with Gasteiger partial charge >= 0.3 is 12.1 Å². The van der Waals surface area contributed by atoms with Crippen molar-refractivity contribution in [2.24, 2.45) is 0 Å². The Hall–Kier alpha value is -1.30. The maximum atomic E-state index is 12.6. The molecule has 2 aromatic carbocycles. The summed E-state index contributed by atoms with van der Waals surface area (Å²) >= 11 is 1.35. The maximum absolute atomic E-state index is 12.6. The van der Waals surface area contributed by atoms with E-state index in [1.807, 2.05) is 24.3 Å². The number of benzene rings is 2. The molecule has 2 heterocycles. The second-order valence-electron chi connectivity index (χ2n) is 5.20. The number of Topliss-reactive ketones (excluding diaryl/α,β-unsaturated/α-hetero) is 1. The molecule has 6 nitrogen and oxygen atoms in total. The van der Waals surface area contributed by atoms with E-state index in [0.717, 1.165) is 15.5 Å². The molecule has 0 atom stereocenters. The summed E-state index contributed by atoms with van der Waals surface area (Å²) in [6.07, 6.45) is -3.40. The van der Waals surface area contributed by atoms with E-state index in [9.17, 15) is 23.5 Å². The van der Waals surface area contributed by atoms with Gasteiger partial charge in [0.25, 0.3) is 0 Å². The van der Waals surface area contributed by atoms with Crippen molar-refractivity contribution in [2.75, 3.05) is 0 Å². The Morgan fingerprint density at radius 2 is 1.67 bits per heavy atom. The van der Waals surface area contributed by atoms with Gasteiger partial charge in [-0.3, -0.25) is 4.79 Å². The van der Waals surface area contributed by atoms with Gasteiger partial charge in [0.05, 0.1) is 10.1 Å². The number of hydrogen-bond donors (Lipinski definition) is 1. The molecule has 2 aromatic heterocycles. The van der Waals surface area contributed by atoms with Crippen molar-refractivity contribution in [2.45, 2.75) is 6.43 Å². The molecule has 0 aliphatic heterocycles. The molecule has 0 aliphatic carbocycles. The third kappa shape index (κ3) is 3.70. The summed E-state index contributed by atoms with van der Waals surface area (Å²) < 4.78 is 31.9. The topological polar surface area (TPSA) is 131 Å². The normalized spacial score (nSPS) is 10.5. The Labute approximate surface area is 194 Å². The predicted octanol–water partition coefficient (Wildman–Crippen LogP) is 2.66. The first-order valence-corrected chi connectivity index (χ1v) is 7.73. The zero-order chi connectivity index (χ0) is 17.0. The molecule has 4 rings (SSSR count). The van der Waals surface area contributed by atoms with Crippen LogP contribution in [0.3, 0.4) is 0 Å². The number of hydrogen-bond acceptors (Lipinski definition) is 5. The molecule has 0 amide bonds. The van der Waals surface area contributed by atoms with Gasteiger partial charge in [-0.2, -0.15) is 0 Å². The Kier molecular flexibility index (Phi) is 7.74. The van der Waals surface area contributed by atoms with E-state index in [0.29, 0.717) is 4.70 Å². The van der Waals surface area contributed by atoms with Gasteiger partial charge in [0.15, 0.2) is 11.1 Å². The number of thiophene rings is 1. The van der Waals surface area contributed by atoms with Crippen molar-refractivity contribution in [3.8, 4) is 5.75 Å². The standard InChI is InChI=1S/C17H8F2O4S.Eu.2H2O/c18-16(19)13(21)11-12(20)9-6-5-8-7-3-1-2-4-10(7)24-15(8)14(9)23-17(11)22;;;/h1-6,16,20H;;2*1H2. The quantitative estimate of drug-likeness (QED) is 0.313. The van der Waals surface area contributed by atoms with E-state index in [4.69, 9.17) is 4.42 Å². The second kappa shape index (κ2) is 8.81. The summed E-state index contributed by atoms with van der Waals surface area (Å²) in [5, 5.41) is 12.0. The van der Waals surface area contributed by atoms with E-state index in [1.54, 1.807) is 6.07 Å². The van der Waals surface area contributed by atoms with Crippen LogP contribution in [0.2, 0.25) is 0 Å². The minimum Gasteiger partial charge on any atom is -0.506 e. The second-order valence-corrected chi connectivity index (χ2v) is 6.25. The first-order chi connectivity index (χ1) is 11.5. The minimum absolute atomic E-state index is 0. The van der Waals surface area contributed by atoms with E-state index in [-0.39, 0.29) is 71.3 Å². The number of fused-ring (bicyclic) bond motifs is 5. The summed E-state index contributed by atoms with van der Waals surface area (Å²) in [5.41, 5.74) is -2.20. The van der Waals surface area contributed by atoms with Crippen LogP contribution in [0.5, 0.6) is 5.75 Å². The van der Waals surface area contributed by atoms with Crippen LogP contribution in [-0.2, 0) is 0 Å². The summed E-state index contributed by atoms with van der Waals surface area (Å²) in [7, 11) is 0. The number of ketones is 1. The van der Waals surface area contributed by atoms with Crippen LogP contribution in [0.4, 0.5) is 8.78 Å². The van der Waals surface area contributed by atoms with Crippen molar-refractivity contribution in [1.29, 1.82) is 0 Å². The molecule has 10 heteroatoms. The average Bonchev–Trinajstić information content (AvgIpc) is 2.93. The largest absolute Gasteiger partial charge is 0.506 e. The molecule has 27 heavy (non-hydrogen) atoms. The minimum atomic E-state index is -3.40. The van der Waals surface area contributed by atoms with E-state index < -0.39 is 29.1 Å². The van der Waals surface area contributed by atoms with Gasteiger partial charge in [-0.25, -0.2) is 13.6 Å². The fraction of sp³-hybridized carbons (Fsp3) is 0.0588. The van der Waals surface area contributed by atoms with Gasteiger partial charge in [0.2, 0.25) is 5.78 Å². The van der Waals surface area contributed by atoms with Crippen molar-refractivity contribution >= 4 is 48.3 Å². The zero-order valence-corrected chi connectivity index (χ0v) is 16.5. The van der Waals surface area contributed by atoms with Crippen LogP contribution < -0.4 is 5.63 Å². The summed E-state index contributed by atoms with van der Waals surface area (Å²) in [4.78, 5) is 23.4. The molecule has 0 aliphatic rings. The molecule has 5 N–H and O–H groups in total. The monoisotopic (exact) mass is 535 g/mol. The first-order valence-electron chi connectivity index (χ1n) is 6.91. The van der Waals surface area contributed by atoms with Crippen LogP contribution in [0.1, 0.15) is 10.4 Å². The molecule has 0 unspecified atom stereocenters. The van der Waals surface area contributed by atoms with Gasteiger partial charge in [-0.05, 0) is 12.1 Å². The van der Waals surface area contributed by atoms with Crippen molar-refractivity contribution in [3.63, 3.8) is 0 Å². The smallest absolute Gasteiger partial charge is 0.351 e. The van der Waals surface area contributed by atoms with Gasteiger partial charge in [-0.15, -0.1) is 11.3 Å². The molecule has 0 saturated carbocycles. The van der Waals surface area contributed by atoms with Crippen LogP contribution in [0.25, 0.3) is 31.1 Å². The molecular weight excluding hydrogens is 522 g/mol. The van der Waals surface area contributed by atoms with Crippen molar-refractivity contribution in [1.82, 2.24) is 0 Å². The molecule has 143 valence electrons. The number of alkyl halides is 2. The van der Waals surface area contributed by atoms with Crippen molar-refractivity contribution in [3.05, 3.63) is 52.4 Å². The summed E-state index contributed by atoms with van der Waals surface area (Å²) in [6.45, 7) is 0. The third-order valence-corrected chi connectivity index (χ3v) is 5.02. The van der Waals surface area contributed by atoms with E-state index in [1.165, 1.54) is 17.4 Å². The molecule has 0 saturated heterocycles. The Morgan fingerprint density at radius 1 is 1.04 bits per heavy atom. The Balaban J connectivity index is 0.00000121. The molecule has 0 bridgehead atoms. The third-order valence-electron chi connectivity index (χ3n) is 3.84. The zero-order valence-electron chi connectivity index (χ0n) is 13.3. The van der Waals surface area contributed by atoms with Crippen LogP contribution in [0.15, 0.2) is 45.6 Å². The molecule has 0 spiro atoms. The summed E-state index contributed by atoms with van der Waals surface area (Å²) in [5.74, 6) is -2.52. The van der Waals surface area contributed by atoms with Gasteiger partial charge in [0, 0.05) is 64.8 Å². The van der Waals surface area contributed by atoms with Crippen LogP contribution in [0, 0.1) is 49.4 Å². The number of carbonyl (C=O) groups excluding carboxylic acids is 1. The number of aromatic hydroxyl groups is 1. The predicted molar refractivity (Wildman–Crippen MR) is 94.6 cm³/mol. The van der Waals surface area contributed by atoms with E-state index in [2.05, 4.69) is 0 Å². The van der Waals surface area contributed by atoms with Gasteiger partial charge in [0.1, 0.15) is 5.75 Å². The molecule has 4 aromatic rings.